The Morgan fingerprint density at radius 2 is 1.10 bits per heavy atom. The van der Waals surface area contributed by atoms with Crippen LogP contribution in [0, 0.1) is 0 Å². The van der Waals surface area contributed by atoms with Crippen LogP contribution in [-0.4, -0.2) is 13.2 Å². The van der Waals surface area contributed by atoms with E-state index in [9.17, 15) is 0 Å². The number of hydrogen-bond donors (Lipinski definition) is 2. The lowest BCUT2D eigenvalue weighted by molar-refractivity contribution is 0.320. The molecule has 0 spiro atoms. The van der Waals surface area contributed by atoms with E-state index in [4.69, 9.17) is 30.4 Å². The molecule has 0 bridgehead atoms. The molecule has 1 atom stereocenters. The van der Waals surface area contributed by atoms with Crippen molar-refractivity contribution in [2.45, 2.75) is 46.0 Å². The fourth-order valence-corrected chi connectivity index (χ4v) is 4.46. The normalized spacial score (nSPS) is 11.6. The molecule has 1 unspecified atom stereocenters. The second-order valence-corrected chi connectivity index (χ2v) is 9.34. The molecule has 0 saturated carbocycles. The van der Waals surface area contributed by atoms with E-state index in [1.54, 1.807) is 0 Å². The highest BCUT2D eigenvalue weighted by Gasteiger charge is 2.16. The lowest BCUT2D eigenvalue weighted by Crippen LogP contribution is -2.03. The number of ether oxygens (including phenoxy) is 4. The molecule has 4 N–H and O–H groups in total. The first kappa shape index (κ1) is 27.7. The van der Waals surface area contributed by atoms with E-state index in [0.717, 1.165) is 42.3 Å². The first-order valence-corrected chi connectivity index (χ1v) is 13.6. The van der Waals surface area contributed by atoms with Gasteiger partial charge in [0.05, 0.1) is 13.2 Å². The highest BCUT2D eigenvalue weighted by atomic mass is 16.5. The molecule has 6 heteroatoms. The molecule has 0 amide bonds. The average molecular weight is 527 g/mol. The van der Waals surface area contributed by atoms with Crippen LogP contribution in [0.3, 0.4) is 0 Å². The Balaban J connectivity index is 1.47. The van der Waals surface area contributed by atoms with Crippen LogP contribution in [0.5, 0.6) is 34.5 Å². The van der Waals surface area contributed by atoms with Crippen LogP contribution >= 0.6 is 0 Å². The van der Waals surface area contributed by atoms with Crippen molar-refractivity contribution < 1.29 is 18.9 Å². The van der Waals surface area contributed by atoms with Gasteiger partial charge in [-0.1, -0.05) is 19.1 Å². The lowest BCUT2D eigenvalue weighted by atomic mass is 9.90. The zero-order valence-corrected chi connectivity index (χ0v) is 23.0. The van der Waals surface area contributed by atoms with Crippen LogP contribution in [0.25, 0.3) is 0 Å². The molecule has 39 heavy (non-hydrogen) atoms. The van der Waals surface area contributed by atoms with Gasteiger partial charge in [0.1, 0.15) is 11.5 Å². The van der Waals surface area contributed by atoms with Gasteiger partial charge in [0.25, 0.3) is 0 Å². The third kappa shape index (κ3) is 7.60. The fourth-order valence-electron chi connectivity index (χ4n) is 4.46. The summed E-state index contributed by atoms with van der Waals surface area (Å²) >= 11 is 0. The molecule has 0 fully saturated rings. The number of benzene rings is 4. The quantitative estimate of drug-likeness (QED) is 0.170. The summed E-state index contributed by atoms with van der Waals surface area (Å²) in [6.45, 7) is 7.29. The Bertz CT molecular complexity index is 1340. The van der Waals surface area contributed by atoms with Gasteiger partial charge in [0.2, 0.25) is 0 Å². The molecule has 0 heterocycles. The number of nitrogen functional groups attached to an aromatic ring is 2. The van der Waals surface area contributed by atoms with Gasteiger partial charge in [-0.05, 0) is 123 Å². The molecule has 0 saturated heterocycles. The minimum absolute atomic E-state index is 0.371. The van der Waals surface area contributed by atoms with E-state index in [-0.39, 0.29) is 0 Å². The lowest BCUT2D eigenvalue weighted by Gasteiger charge is -2.19. The first-order valence-electron chi connectivity index (χ1n) is 13.6. The number of aryl methyl sites for hydroxylation is 1. The van der Waals surface area contributed by atoms with Crippen LogP contribution in [0.15, 0.2) is 84.9 Å². The highest BCUT2D eigenvalue weighted by molar-refractivity contribution is 5.49. The summed E-state index contributed by atoms with van der Waals surface area (Å²) in [6, 6.07) is 27.1. The van der Waals surface area contributed by atoms with E-state index in [1.165, 1.54) is 11.1 Å². The Kier molecular flexibility index (Phi) is 9.57. The number of hydrogen-bond acceptors (Lipinski definition) is 6. The van der Waals surface area contributed by atoms with Gasteiger partial charge in [-0.25, -0.2) is 0 Å². The largest absolute Gasteiger partial charge is 0.490 e. The summed E-state index contributed by atoms with van der Waals surface area (Å²) in [5.41, 5.74) is 15.4. The van der Waals surface area contributed by atoms with Crippen LogP contribution in [-0.2, 0) is 6.42 Å². The Hall–Kier alpha value is -4.32. The van der Waals surface area contributed by atoms with Crippen molar-refractivity contribution in [3.8, 4) is 34.5 Å². The fraction of sp³-hybridized carbons (Fsp3) is 0.273. The zero-order valence-electron chi connectivity index (χ0n) is 23.0. The minimum atomic E-state index is 0.371. The van der Waals surface area contributed by atoms with E-state index in [1.807, 2.05) is 74.5 Å². The molecular formula is C33H38N2O4. The summed E-state index contributed by atoms with van der Waals surface area (Å²) in [4.78, 5) is 0. The third-order valence-corrected chi connectivity index (χ3v) is 6.54. The molecule has 0 aliphatic carbocycles. The molecule has 0 aromatic heterocycles. The smallest absolute Gasteiger partial charge is 0.169 e. The second-order valence-electron chi connectivity index (χ2n) is 9.34. The molecule has 0 aliphatic heterocycles. The minimum Gasteiger partial charge on any atom is -0.490 e. The molecule has 4 aromatic carbocycles. The molecule has 0 radical (unpaired) electrons. The number of rotatable bonds is 13. The summed E-state index contributed by atoms with van der Waals surface area (Å²) < 4.78 is 24.0. The van der Waals surface area contributed by atoms with Crippen molar-refractivity contribution in [1.29, 1.82) is 0 Å². The van der Waals surface area contributed by atoms with Crippen LogP contribution in [0.2, 0.25) is 0 Å². The maximum absolute atomic E-state index is 6.10. The van der Waals surface area contributed by atoms with E-state index in [2.05, 4.69) is 31.2 Å². The Morgan fingerprint density at radius 1 is 0.590 bits per heavy atom. The van der Waals surface area contributed by atoms with Gasteiger partial charge in [-0.3, -0.25) is 0 Å². The predicted molar refractivity (Wildman–Crippen MR) is 158 cm³/mol. The van der Waals surface area contributed by atoms with Crippen molar-refractivity contribution in [2.24, 2.45) is 0 Å². The predicted octanol–water partition coefficient (Wildman–Crippen LogP) is 8.36. The van der Waals surface area contributed by atoms with E-state index >= 15 is 0 Å². The third-order valence-electron chi connectivity index (χ3n) is 6.54. The van der Waals surface area contributed by atoms with Gasteiger partial charge in [-0.2, -0.15) is 0 Å². The maximum atomic E-state index is 6.10. The van der Waals surface area contributed by atoms with Gasteiger partial charge < -0.3 is 30.4 Å². The molecule has 4 rings (SSSR count). The van der Waals surface area contributed by atoms with Gasteiger partial charge >= 0.3 is 0 Å². The van der Waals surface area contributed by atoms with Crippen LogP contribution in [0.4, 0.5) is 11.4 Å². The average Bonchev–Trinajstić information content (AvgIpc) is 2.94. The highest BCUT2D eigenvalue weighted by Crippen LogP contribution is 2.38. The number of nitrogens with two attached hydrogens (primary N) is 2. The van der Waals surface area contributed by atoms with E-state index < -0.39 is 0 Å². The summed E-state index contributed by atoms with van der Waals surface area (Å²) in [5.74, 6) is 4.68. The number of anilines is 2. The van der Waals surface area contributed by atoms with E-state index in [0.29, 0.717) is 42.0 Å². The van der Waals surface area contributed by atoms with Gasteiger partial charge in [-0.15, -0.1) is 0 Å². The maximum Gasteiger partial charge on any atom is 0.169 e. The summed E-state index contributed by atoms with van der Waals surface area (Å²) in [7, 11) is 0. The van der Waals surface area contributed by atoms with Crippen molar-refractivity contribution >= 4 is 11.4 Å². The molecule has 204 valence electrons. The summed E-state index contributed by atoms with van der Waals surface area (Å²) in [5, 5.41) is 0. The second kappa shape index (κ2) is 13.5. The summed E-state index contributed by atoms with van der Waals surface area (Å²) in [6.07, 6.45) is 2.92. The molecule has 0 aliphatic rings. The van der Waals surface area contributed by atoms with Crippen molar-refractivity contribution in [2.75, 3.05) is 24.7 Å². The van der Waals surface area contributed by atoms with Crippen molar-refractivity contribution in [1.82, 2.24) is 0 Å². The van der Waals surface area contributed by atoms with Crippen LogP contribution < -0.4 is 30.4 Å². The molecule has 6 nitrogen and oxygen atoms in total. The van der Waals surface area contributed by atoms with Gasteiger partial charge in [0.15, 0.2) is 23.0 Å². The standard InChI is InChI=1S/C33H38N2O4/c1-4-24(25-10-20-31(33(22-25)37-6-3)39-29-17-13-27(35)14-18-29)9-7-23-8-19-30(32(21-23)36-5-2)38-28-15-11-26(34)12-16-28/h8,10-22,24H,4-7,9,34-35H2,1-3H3. The molecule has 4 aromatic rings. The monoisotopic (exact) mass is 526 g/mol. The SMILES string of the molecule is CCOc1cc(CCC(CC)c2ccc(Oc3ccc(N)cc3)c(OCC)c2)ccc1Oc1ccc(N)cc1. The van der Waals surface area contributed by atoms with Gasteiger partial charge in [0, 0.05) is 11.4 Å². The molecular weight excluding hydrogens is 488 g/mol. The Morgan fingerprint density at radius 3 is 1.62 bits per heavy atom. The zero-order chi connectivity index (χ0) is 27.6. The Labute approximate surface area is 231 Å². The van der Waals surface area contributed by atoms with Crippen LogP contribution in [0.1, 0.15) is 50.7 Å². The topological polar surface area (TPSA) is 89.0 Å². The first-order chi connectivity index (χ1) is 19.0. The van der Waals surface area contributed by atoms with Crippen molar-refractivity contribution in [3.05, 3.63) is 96.1 Å². The van der Waals surface area contributed by atoms with Crippen molar-refractivity contribution in [3.63, 3.8) is 0 Å².